The predicted octanol–water partition coefficient (Wildman–Crippen LogP) is 30.1. The van der Waals surface area contributed by atoms with Crippen LogP contribution in [-0.4, -0.2) is 34.5 Å². The van der Waals surface area contributed by atoms with Crippen LogP contribution < -0.4 is 0 Å². The summed E-state index contributed by atoms with van der Waals surface area (Å²) >= 11 is 3.64. The van der Waals surface area contributed by atoms with Gasteiger partial charge in [0.25, 0.3) is 0 Å². The Hall–Kier alpha value is -15.5. The van der Waals surface area contributed by atoms with Crippen molar-refractivity contribution in [1.82, 2.24) is 34.5 Å². The van der Waals surface area contributed by atoms with Crippen molar-refractivity contribution in [2.24, 2.45) is 0 Å². The van der Waals surface area contributed by atoms with Crippen LogP contribution in [0.5, 0.6) is 0 Å². The normalized spacial score (nSPS) is 11.7. The van der Waals surface area contributed by atoms with Crippen molar-refractivity contribution in [3.05, 3.63) is 406 Å². The Bertz CT molecular complexity index is 8090. The summed E-state index contributed by atoms with van der Waals surface area (Å²) in [6, 6.07) is 143. The molecule has 16 aromatic carbocycles. The Balaban J connectivity index is 0.000000140. The summed E-state index contributed by atoms with van der Waals surface area (Å²) in [6.07, 6.45) is 0. The number of para-hydroxylation sites is 4. The van der Waals surface area contributed by atoms with E-state index < -0.39 is 0 Å². The lowest BCUT2D eigenvalue weighted by atomic mass is 9.98. The highest BCUT2D eigenvalue weighted by atomic mass is 32.1. The predicted molar refractivity (Wildman–Crippen MR) is 502 cm³/mol. The Labute approximate surface area is 698 Å². The molecule has 0 N–H and O–H groups in total. The lowest BCUT2D eigenvalue weighted by Crippen LogP contribution is -1.98. The molecule has 0 bridgehead atoms. The maximum absolute atomic E-state index is 6.37. The number of nitrogens with zero attached hydrogens (tertiary/aromatic N) is 7. The zero-order chi connectivity index (χ0) is 79.1. The molecule has 0 fully saturated rings. The van der Waals surface area contributed by atoms with E-state index in [0.29, 0.717) is 11.6 Å². The summed E-state index contributed by atoms with van der Waals surface area (Å²) in [5.74, 6) is 1.35. The molecule has 560 valence electrons. The third-order valence-electron chi connectivity index (χ3n) is 23.1. The molecule has 0 unspecified atom stereocenters. The van der Waals surface area contributed by atoms with Crippen LogP contribution in [0.4, 0.5) is 0 Å². The average molecular weight is 1570 g/mol. The van der Waals surface area contributed by atoms with Crippen molar-refractivity contribution >= 4 is 129 Å². The van der Waals surface area contributed by atoms with Gasteiger partial charge < -0.3 is 8.98 Å². The standard InChI is InChI=1S/C55H34N4S.C55H33N3OS/c1-3-14-36(15-4-1)46-34-47(40-18-13-19-41(32-40)59-49-23-10-7-20-42(49)43-21-8-11-24-50(43)59)58-55(57-46)38-28-26-35(27-29-38)39-30-31-44-48(33-39)56-53(37-16-5-2-6-17-37)54-52(44)45-22-9-12-25-51(45)60-54;1-3-13-35(14-4-1)46-33-47(36-27-25-34(26-28-36)41-21-12-22-43-42-19-7-9-23-49(42)59-53(41)43)58-55(57-46)40-18-11-17-38(31-40)39-29-30-44-48(32-39)56-52(37-15-5-2-6-16-37)54-51(44)45-20-8-10-24-50(45)60-54/h1-34H;1-33H. The van der Waals surface area contributed by atoms with E-state index in [-0.39, 0.29) is 0 Å². The summed E-state index contributed by atoms with van der Waals surface area (Å²) in [5, 5.41) is 12.1. The highest BCUT2D eigenvalue weighted by Crippen LogP contribution is 2.47. The van der Waals surface area contributed by atoms with Gasteiger partial charge in [0, 0.05) is 119 Å². The second-order valence-electron chi connectivity index (χ2n) is 30.3. The van der Waals surface area contributed by atoms with E-state index in [2.05, 4.69) is 387 Å². The fraction of sp³-hybridized carbons (Fsp3) is 0. The lowest BCUT2D eigenvalue weighted by molar-refractivity contribution is 0.670. The van der Waals surface area contributed by atoms with E-state index >= 15 is 0 Å². The van der Waals surface area contributed by atoms with E-state index in [1.54, 1.807) is 0 Å². The Morgan fingerprint density at radius 1 is 0.225 bits per heavy atom. The van der Waals surface area contributed by atoms with Gasteiger partial charge in [-0.2, -0.15) is 0 Å². The van der Waals surface area contributed by atoms with Crippen LogP contribution in [0.15, 0.2) is 411 Å². The van der Waals surface area contributed by atoms with Gasteiger partial charge in [-0.15, -0.1) is 22.7 Å². The van der Waals surface area contributed by atoms with Crippen LogP contribution in [0.1, 0.15) is 0 Å². The molecule has 0 amide bonds. The number of aromatic nitrogens is 7. The monoisotopic (exact) mass is 1570 g/mol. The van der Waals surface area contributed by atoms with Crippen LogP contribution in [0, 0.1) is 0 Å². The van der Waals surface area contributed by atoms with Gasteiger partial charge in [0.05, 0.1) is 65.6 Å². The Kier molecular flexibility index (Phi) is 17.1. The molecule has 0 radical (unpaired) electrons. The molecule has 24 aromatic rings. The Morgan fingerprint density at radius 3 is 1.18 bits per heavy atom. The summed E-state index contributed by atoms with van der Waals surface area (Å²) in [6.45, 7) is 0. The van der Waals surface area contributed by atoms with Gasteiger partial charge in [0.1, 0.15) is 11.2 Å². The summed E-state index contributed by atoms with van der Waals surface area (Å²) < 4.78 is 13.7. The fourth-order valence-corrected chi connectivity index (χ4v) is 19.8. The van der Waals surface area contributed by atoms with Gasteiger partial charge in [-0.05, 0) is 101 Å². The van der Waals surface area contributed by atoms with Crippen molar-refractivity contribution < 1.29 is 4.42 Å². The van der Waals surface area contributed by atoms with E-state index in [9.17, 15) is 0 Å². The number of benzene rings is 16. The van der Waals surface area contributed by atoms with E-state index in [1.165, 1.54) is 67.5 Å². The molecule has 0 saturated heterocycles. The smallest absolute Gasteiger partial charge is 0.160 e. The molecule has 0 atom stereocenters. The zero-order valence-corrected chi connectivity index (χ0v) is 66.2. The number of rotatable bonds is 12. The number of fused-ring (bicyclic) bond motifs is 16. The first-order valence-corrected chi connectivity index (χ1v) is 41.9. The maximum Gasteiger partial charge on any atom is 0.160 e. The second kappa shape index (κ2) is 29.4. The third kappa shape index (κ3) is 12.4. The molecule has 0 spiro atoms. The molecule has 8 aromatic heterocycles. The molecule has 0 aliphatic heterocycles. The summed E-state index contributed by atoms with van der Waals surface area (Å²) in [7, 11) is 0. The highest BCUT2D eigenvalue weighted by molar-refractivity contribution is 7.27. The highest BCUT2D eigenvalue weighted by Gasteiger charge is 2.23. The van der Waals surface area contributed by atoms with Crippen molar-refractivity contribution in [2.75, 3.05) is 0 Å². The van der Waals surface area contributed by atoms with Gasteiger partial charge in [0.2, 0.25) is 0 Å². The molecular weight excluding hydrogens is 1500 g/mol. The topological polar surface area (TPSA) is 95.4 Å². The lowest BCUT2D eigenvalue weighted by Gasteiger charge is -2.12. The van der Waals surface area contributed by atoms with Crippen molar-refractivity contribution in [2.45, 2.75) is 0 Å². The number of thiophene rings is 2. The van der Waals surface area contributed by atoms with Crippen LogP contribution in [0.2, 0.25) is 0 Å². The van der Waals surface area contributed by atoms with Crippen LogP contribution in [0.25, 0.3) is 235 Å². The first-order chi connectivity index (χ1) is 59.4. The van der Waals surface area contributed by atoms with Gasteiger partial charge >= 0.3 is 0 Å². The van der Waals surface area contributed by atoms with E-state index in [0.717, 1.165) is 156 Å². The molecule has 24 rings (SSSR count). The molecule has 8 heterocycles. The fourth-order valence-electron chi connectivity index (χ4n) is 17.3. The minimum atomic E-state index is 0.668. The third-order valence-corrected chi connectivity index (χ3v) is 25.5. The first-order valence-electron chi connectivity index (χ1n) is 40.3. The minimum absolute atomic E-state index is 0.668. The number of hydrogen-bond acceptors (Lipinski definition) is 9. The van der Waals surface area contributed by atoms with Crippen LogP contribution >= 0.6 is 22.7 Å². The van der Waals surface area contributed by atoms with Crippen molar-refractivity contribution in [3.8, 4) is 129 Å². The summed E-state index contributed by atoms with van der Waals surface area (Å²) in [4.78, 5) is 31.5. The van der Waals surface area contributed by atoms with E-state index in [1.807, 2.05) is 46.9 Å². The molecule has 0 saturated carbocycles. The first kappa shape index (κ1) is 70.0. The quantitative estimate of drug-likeness (QED) is 0.120. The average Bonchev–Trinajstić information content (AvgIpc) is 1.57. The largest absolute Gasteiger partial charge is 0.455 e. The molecule has 120 heavy (non-hydrogen) atoms. The SMILES string of the molecule is c1ccc(-c2cc(-c3ccc(-c4cccc5c4oc4ccccc45)cc3)nc(-c3cccc(-c4ccc5c(c4)nc(-c4ccccc4)c4sc6ccccc6c45)c3)n2)cc1.c1ccc(-c2cc(-c3cccc(-n4c5ccccc5c5ccccc54)c3)nc(-c3ccc(-c4ccc5c(c4)nc(-c4ccccc4)c4sc6ccccc6c45)cc3)n2)cc1. The van der Waals surface area contributed by atoms with E-state index in [4.69, 9.17) is 34.3 Å². The van der Waals surface area contributed by atoms with Crippen molar-refractivity contribution in [1.29, 1.82) is 0 Å². The molecule has 0 aliphatic rings. The van der Waals surface area contributed by atoms with Gasteiger partial charge in [0.15, 0.2) is 11.6 Å². The maximum atomic E-state index is 6.37. The minimum Gasteiger partial charge on any atom is -0.455 e. The molecule has 0 aliphatic carbocycles. The number of hydrogen-bond donors (Lipinski definition) is 0. The van der Waals surface area contributed by atoms with Crippen molar-refractivity contribution in [3.63, 3.8) is 0 Å². The number of pyridine rings is 2. The zero-order valence-electron chi connectivity index (χ0n) is 64.5. The van der Waals surface area contributed by atoms with Crippen LogP contribution in [-0.2, 0) is 0 Å². The van der Waals surface area contributed by atoms with Crippen LogP contribution in [0.3, 0.4) is 0 Å². The van der Waals surface area contributed by atoms with Gasteiger partial charge in [-0.3, -0.25) is 0 Å². The molecular formula is C110H67N7OS2. The van der Waals surface area contributed by atoms with Gasteiger partial charge in [-0.1, -0.05) is 334 Å². The molecule has 8 nitrogen and oxygen atoms in total. The van der Waals surface area contributed by atoms with Gasteiger partial charge in [-0.25, -0.2) is 29.9 Å². The Morgan fingerprint density at radius 2 is 0.608 bits per heavy atom. The molecule has 10 heteroatoms. The number of furan rings is 1. The summed E-state index contributed by atoms with van der Waals surface area (Å²) in [5.41, 5.74) is 27.5. The second-order valence-corrected chi connectivity index (χ2v) is 32.4.